The lowest BCUT2D eigenvalue weighted by atomic mass is 10.2. The van der Waals surface area contributed by atoms with Crippen molar-refractivity contribution in [1.82, 2.24) is 10.6 Å². The molecule has 1 aromatic rings. The Kier molecular flexibility index (Phi) is 3.71. The van der Waals surface area contributed by atoms with Crippen LogP contribution in [0.2, 0.25) is 0 Å². The maximum absolute atomic E-state index is 12.6. The number of hydrogen-bond donors (Lipinski definition) is 3. The average molecular weight is 238 g/mol. The molecule has 0 aromatic heterocycles. The molecular weight excluding hydrogens is 223 g/mol. The molecule has 1 heterocycles. The lowest BCUT2D eigenvalue weighted by Gasteiger charge is -2.10. The van der Waals surface area contributed by atoms with E-state index in [-0.39, 0.29) is 17.8 Å². The minimum Gasteiger partial charge on any atom is -0.392 e. The van der Waals surface area contributed by atoms with Gasteiger partial charge in [-0.1, -0.05) is 12.1 Å². The fraction of sp³-hybridized carbons (Fsp3) is 0.417. The third kappa shape index (κ3) is 3.25. The third-order valence-corrected chi connectivity index (χ3v) is 2.80. The highest BCUT2D eigenvalue weighted by molar-refractivity contribution is 5.82. The minimum atomic E-state index is -0.448. The Labute approximate surface area is 98.8 Å². The lowest BCUT2D eigenvalue weighted by molar-refractivity contribution is -0.123. The van der Waals surface area contributed by atoms with Crippen LogP contribution >= 0.6 is 0 Å². The molecule has 4 nitrogen and oxygen atoms in total. The molecule has 0 spiro atoms. The Bertz CT molecular complexity index is 394. The van der Waals surface area contributed by atoms with E-state index in [1.54, 1.807) is 12.1 Å². The van der Waals surface area contributed by atoms with Crippen molar-refractivity contribution in [3.05, 3.63) is 35.6 Å². The summed E-state index contributed by atoms with van der Waals surface area (Å²) >= 11 is 0. The van der Waals surface area contributed by atoms with Crippen LogP contribution in [-0.4, -0.2) is 29.7 Å². The van der Waals surface area contributed by atoms with Crippen molar-refractivity contribution >= 4 is 5.91 Å². The zero-order valence-corrected chi connectivity index (χ0v) is 9.32. The Morgan fingerprint density at radius 1 is 1.47 bits per heavy atom. The lowest BCUT2D eigenvalue weighted by Crippen LogP contribution is -2.39. The van der Waals surface area contributed by atoms with Crippen LogP contribution in [0, 0.1) is 5.82 Å². The molecule has 0 aliphatic carbocycles. The van der Waals surface area contributed by atoms with Crippen LogP contribution in [0.25, 0.3) is 0 Å². The van der Waals surface area contributed by atoms with Gasteiger partial charge in [0.05, 0.1) is 12.1 Å². The highest BCUT2D eigenvalue weighted by Gasteiger charge is 2.27. The molecule has 0 bridgehead atoms. The zero-order chi connectivity index (χ0) is 12.3. The molecule has 5 heteroatoms. The Hall–Kier alpha value is -1.46. The molecule has 17 heavy (non-hydrogen) atoms. The second-order valence-corrected chi connectivity index (χ2v) is 4.19. The third-order valence-electron chi connectivity index (χ3n) is 2.80. The molecular formula is C12H15FN2O2. The van der Waals surface area contributed by atoms with E-state index in [4.69, 9.17) is 0 Å². The highest BCUT2D eigenvalue weighted by Crippen LogP contribution is 2.07. The number of carbonyl (C=O) groups excluding carboxylic acids is 1. The number of carbonyl (C=O) groups is 1. The van der Waals surface area contributed by atoms with Gasteiger partial charge in [0.25, 0.3) is 0 Å². The first-order valence-electron chi connectivity index (χ1n) is 5.59. The normalized spacial score (nSPS) is 23.6. The Morgan fingerprint density at radius 2 is 2.18 bits per heavy atom. The first-order chi connectivity index (χ1) is 8.15. The molecule has 0 saturated carbocycles. The van der Waals surface area contributed by atoms with Gasteiger partial charge < -0.3 is 15.7 Å². The standard InChI is InChI=1S/C12H15FN2O2/c13-9-3-1-8(2-4-9)6-15-12(17)11-5-10(16)7-14-11/h1-4,10-11,14,16H,5-7H2,(H,15,17). The van der Waals surface area contributed by atoms with Crippen molar-refractivity contribution in [1.29, 1.82) is 0 Å². The van der Waals surface area contributed by atoms with Crippen LogP contribution in [0.15, 0.2) is 24.3 Å². The summed E-state index contributed by atoms with van der Waals surface area (Å²) in [5.74, 6) is -0.425. The molecule has 0 radical (unpaired) electrons. The number of hydrogen-bond acceptors (Lipinski definition) is 3. The molecule has 2 rings (SSSR count). The second kappa shape index (κ2) is 5.25. The quantitative estimate of drug-likeness (QED) is 0.703. The zero-order valence-electron chi connectivity index (χ0n) is 9.32. The van der Waals surface area contributed by atoms with E-state index in [2.05, 4.69) is 10.6 Å². The van der Waals surface area contributed by atoms with Gasteiger partial charge in [-0.25, -0.2) is 4.39 Å². The minimum absolute atomic E-state index is 0.133. The predicted molar refractivity (Wildman–Crippen MR) is 60.7 cm³/mol. The topological polar surface area (TPSA) is 61.4 Å². The summed E-state index contributed by atoms with van der Waals surface area (Å²) in [6.07, 6.45) is -0.00789. The number of nitrogens with one attached hydrogen (secondary N) is 2. The van der Waals surface area contributed by atoms with E-state index < -0.39 is 6.10 Å². The molecule has 3 N–H and O–H groups in total. The van der Waals surface area contributed by atoms with Gasteiger partial charge in [0, 0.05) is 13.1 Å². The molecule has 2 unspecified atom stereocenters. The monoisotopic (exact) mass is 238 g/mol. The number of halogens is 1. The van der Waals surface area contributed by atoms with Crippen molar-refractivity contribution in [2.45, 2.75) is 25.1 Å². The molecule has 1 amide bonds. The number of aliphatic hydroxyl groups is 1. The predicted octanol–water partition coefficient (Wildman–Crippen LogP) is 0.165. The Morgan fingerprint density at radius 3 is 2.76 bits per heavy atom. The first kappa shape index (κ1) is 12.0. The summed E-state index contributed by atoms with van der Waals surface area (Å²) < 4.78 is 12.6. The molecule has 2 atom stereocenters. The van der Waals surface area contributed by atoms with E-state index in [0.717, 1.165) is 5.56 Å². The van der Waals surface area contributed by atoms with Gasteiger partial charge in [0.15, 0.2) is 0 Å². The van der Waals surface area contributed by atoms with Crippen molar-refractivity contribution < 1.29 is 14.3 Å². The van der Waals surface area contributed by atoms with Gasteiger partial charge in [0.2, 0.25) is 5.91 Å². The van der Waals surface area contributed by atoms with E-state index in [0.29, 0.717) is 19.5 Å². The van der Waals surface area contributed by atoms with Crippen molar-refractivity contribution in [3.8, 4) is 0 Å². The van der Waals surface area contributed by atoms with Gasteiger partial charge in [0.1, 0.15) is 5.82 Å². The number of rotatable bonds is 3. The van der Waals surface area contributed by atoms with E-state index in [1.807, 2.05) is 0 Å². The molecule has 1 aromatic carbocycles. The van der Waals surface area contributed by atoms with Crippen LogP contribution in [0.5, 0.6) is 0 Å². The van der Waals surface area contributed by atoms with Crippen LogP contribution in [0.3, 0.4) is 0 Å². The molecule has 92 valence electrons. The van der Waals surface area contributed by atoms with E-state index >= 15 is 0 Å². The largest absolute Gasteiger partial charge is 0.392 e. The SMILES string of the molecule is O=C(NCc1ccc(F)cc1)C1CC(O)CN1. The summed E-state index contributed by atoms with van der Waals surface area (Å²) in [5.41, 5.74) is 0.846. The number of aliphatic hydroxyl groups excluding tert-OH is 1. The van der Waals surface area contributed by atoms with Gasteiger partial charge in [-0.15, -0.1) is 0 Å². The fourth-order valence-corrected chi connectivity index (χ4v) is 1.83. The van der Waals surface area contributed by atoms with Crippen molar-refractivity contribution in [2.24, 2.45) is 0 Å². The van der Waals surface area contributed by atoms with Gasteiger partial charge in [-0.3, -0.25) is 4.79 Å². The summed E-state index contributed by atoms with van der Waals surface area (Å²) in [6.45, 7) is 0.821. The fourth-order valence-electron chi connectivity index (χ4n) is 1.83. The maximum atomic E-state index is 12.6. The van der Waals surface area contributed by atoms with Crippen LogP contribution in [0.4, 0.5) is 4.39 Å². The number of amides is 1. The van der Waals surface area contributed by atoms with Gasteiger partial charge in [-0.2, -0.15) is 0 Å². The smallest absolute Gasteiger partial charge is 0.237 e. The average Bonchev–Trinajstić information content (AvgIpc) is 2.75. The van der Waals surface area contributed by atoms with Crippen LogP contribution in [-0.2, 0) is 11.3 Å². The summed E-state index contributed by atoms with van der Waals surface area (Å²) in [5, 5.41) is 15.0. The number of benzene rings is 1. The summed E-state index contributed by atoms with van der Waals surface area (Å²) in [7, 11) is 0. The van der Waals surface area contributed by atoms with Gasteiger partial charge >= 0.3 is 0 Å². The summed E-state index contributed by atoms with van der Waals surface area (Å²) in [4.78, 5) is 11.7. The van der Waals surface area contributed by atoms with Gasteiger partial charge in [-0.05, 0) is 24.1 Å². The number of β-amino-alcohol motifs (C(OH)–C–C–N with tert-alkyl or cyclic N) is 1. The summed E-state index contributed by atoms with van der Waals surface area (Å²) in [6, 6.07) is 5.66. The Balaban J connectivity index is 1.82. The van der Waals surface area contributed by atoms with Crippen molar-refractivity contribution in [3.63, 3.8) is 0 Å². The second-order valence-electron chi connectivity index (χ2n) is 4.19. The van der Waals surface area contributed by atoms with E-state index in [9.17, 15) is 14.3 Å². The molecule has 1 fully saturated rings. The van der Waals surface area contributed by atoms with E-state index in [1.165, 1.54) is 12.1 Å². The van der Waals surface area contributed by atoms with Crippen LogP contribution in [0.1, 0.15) is 12.0 Å². The first-order valence-corrected chi connectivity index (χ1v) is 5.59. The van der Waals surface area contributed by atoms with Crippen molar-refractivity contribution in [2.75, 3.05) is 6.54 Å². The molecule has 1 saturated heterocycles. The molecule has 1 aliphatic rings. The highest BCUT2D eigenvalue weighted by atomic mass is 19.1. The van der Waals surface area contributed by atoms with Crippen LogP contribution < -0.4 is 10.6 Å². The molecule has 1 aliphatic heterocycles. The maximum Gasteiger partial charge on any atom is 0.237 e.